The first-order valence-corrected chi connectivity index (χ1v) is 6.91. The Kier molecular flexibility index (Phi) is 6.06. The van der Waals surface area contributed by atoms with Gasteiger partial charge >= 0.3 is 11.7 Å². The van der Waals surface area contributed by atoms with Crippen LogP contribution in [-0.2, 0) is 9.53 Å². The molecule has 8 nitrogen and oxygen atoms in total. The van der Waals surface area contributed by atoms with E-state index in [1.165, 1.54) is 18.3 Å². The number of hydrogen-bond acceptors (Lipinski definition) is 7. The van der Waals surface area contributed by atoms with Gasteiger partial charge in [0.2, 0.25) is 0 Å². The fourth-order valence-electron chi connectivity index (χ4n) is 1.22. The molecule has 1 atom stereocenters. The summed E-state index contributed by atoms with van der Waals surface area (Å²) in [5.74, 6) is -1.11. The van der Waals surface area contributed by atoms with E-state index in [-0.39, 0.29) is 17.3 Å². The maximum absolute atomic E-state index is 11.1. The minimum absolute atomic E-state index is 0.0630. The van der Waals surface area contributed by atoms with Gasteiger partial charge in [-0.3, -0.25) is 14.9 Å². The van der Waals surface area contributed by atoms with Crippen molar-refractivity contribution >= 4 is 23.6 Å². The van der Waals surface area contributed by atoms with Gasteiger partial charge in [-0.2, -0.15) is 0 Å². The first-order chi connectivity index (χ1) is 9.70. The van der Waals surface area contributed by atoms with Crippen LogP contribution in [0, 0.1) is 10.1 Å². The zero-order chi connectivity index (χ0) is 16.0. The predicted octanol–water partition coefficient (Wildman–Crippen LogP) is 1.85. The summed E-state index contributed by atoms with van der Waals surface area (Å²) < 4.78 is 8.04. The molecule has 0 spiro atoms. The highest BCUT2D eigenvalue weighted by Crippen LogP contribution is 2.24. The van der Waals surface area contributed by atoms with Crippen molar-refractivity contribution in [2.24, 2.45) is 0 Å². The average molecular weight is 315 g/mol. The Balaban J connectivity index is 2.70. The van der Waals surface area contributed by atoms with Gasteiger partial charge in [-0.1, -0.05) is 0 Å². The van der Waals surface area contributed by atoms with Crippen molar-refractivity contribution in [3.63, 3.8) is 0 Å². The number of pyridine rings is 1. The van der Waals surface area contributed by atoms with Crippen LogP contribution in [-0.4, -0.2) is 39.2 Å². The van der Waals surface area contributed by atoms with E-state index >= 15 is 0 Å². The number of rotatable bonds is 7. The molecule has 0 aliphatic rings. The molecule has 0 amide bonds. The van der Waals surface area contributed by atoms with Gasteiger partial charge in [-0.05, 0) is 38.8 Å². The first kappa shape index (κ1) is 17.3. The van der Waals surface area contributed by atoms with Crippen LogP contribution in [0.25, 0.3) is 0 Å². The SMILES string of the molecule is CC(C)(C)OC[C@H](NSc1ncccc1[N+](=O)[O-])C(=O)O. The Bertz CT molecular complexity index is 518. The number of nitro groups is 1. The normalized spacial score (nSPS) is 12.9. The third-order valence-corrected chi connectivity index (χ3v) is 3.14. The van der Waals surface area contributed by atoms with Gasteiger partial charge in [0.05, 0.1) is 17.1 Å². The Hall–Kier alpha value is -1.71. The molecule has 21 heavy (non-hydrogen) atoms. The van der Waals surface area contributed by atoms with E-state index in [0.717, 1.165) is 11.9 Å². The third-order valence-electron chi connectivity index (χ3n) is 2.23. The Labute approximate surface area is 126 Å². The monoisotopic (exact) mass is 315 g/mol. The number of aliphatic carboxylic acids is 1. The van der Waals surface area contributed by atoms with Crippen molar-refractivity contribution in [1.29, 1.82) is 0 Å². The minimum Gasteiger partial charge on any atom is -0.480 e. The molecule has 1 aromatic heterocycles. The molecule has 0 aliphatic carbocycles. The van der Waals surface area contributed by atoms with Gasteiger partial charge in [0.15, 0.2) is 5.03 Å². The van der Waals surface area contributed by atoms with Crippen LogP contribution in [0.4, 0.5) is 5.69 Å². The lowest BCUT2D eigenvalue weighted by Gasteiger charge is -2.22. The number of nitrogens with zero attached hydrogens (tertiary/aromatic N) is 2. The second-order valence-corrected chi connectivity index (χ2v) is 5.95. The molecule has 1 heterocycles. The molecule has 1 aromatic rings. The summed E-state index contributed by atoms with van der Waals surface area (Å²) >= 11 is 0.799. The van der Waals surface area contributed by atoms with Crippen LogP contribution in [0.15, 0.2) is 23.4 Å². The van der Waals surface area contributed by atoms with Crippen molar-refractivity contribution in [1.82, 2.24) is 9.71 Å². The summed E-state index contributed by atoms with van der Waals surface area (Å²) in [7, 11) is 0. The molecule has 0 bridgehead atoms. The molecule has 2 N–H and O–H groups in total. The van der Waals surface area contributed by atoms with Crippen molar-refractivity contribution in [3.05, 3.63) is 28.4 Å². The number of carboxylic acids is 1. The molecule has 9 heteroatoms. The van der Waals surface area contributed by atoms with Crippen LogP contribution >= 0.6 is 11.9 Å². The van der Waals surface area contributed by atoms with Crippen LogP contribution in [0.3, 0.4) is 0 Å². The number of ether oxygens (including phenoxy) is 1. The van der Waals surface area contributed by atoms with E-state index in [2.05, 4.69) is 9.71 Å². The zero-order valence-electron chi connectivity index (χ0n) is 11.9. The maximum atomic E-state index is 11.1. The Morgan fingerprint density at radius 1 is 1.62 bits per heavy atom. The summed E-state index contributed by atoms with van der Waals surface area (Å²) in [4.78, 5) is 25.3. The highest BCUT2D eigenvalue weighted by molar-refractivity contribution is 7.97. The summed E-state index contributed by atoms with van der Waals surface area (Å²) in [6.45, 7) is 5.36. The standard InChI is InChI=1S/C12H17N3O5S/c1-12(2,3)20-7-8(11(16)17)14-21-10-9(15(18)19)5-4-6-13-10/h4-6,8,14H,7H2,1-3H3,(H,16,17)/t8-/m0/s1. The summed E-state index contributed by atoms with van der Waals surface area (Å²) in [6, 6.07) is 1.74. The second-order valence-electron chi connectivity index (χ2n) is 5.12. The van der Waals surface area contributed by atoms with E-state index in [1.54, 1.807) is 0 Å². The summed E-state index contributed by atoms with van der Waals surface area (Å²) in [5, 5.41) is 20.1. The lowest BCUT2D eigenvalue weighted by atomic mass is 10.2. The highest BCUT2D eigenvalue weighted by Gasteiger charge is 2.23. The topological polar surface area (TPSA) is 115 Å². The smallest absolute Gasteiger partial charge is 0.323 e. The molecule has 116 valence electrons. The number of aromatic nitrogens is 1. The quantitative estimate of drug-likeness (QED) is 0.445. The summed E-state index contributed by atoms with van der Waals surface area (Å²) in [5.41, 5.74) is -0.660. The van der Waals surface area contributed by atoms with Gasteiger partial charge in [0.1, 0.15) is 6.04 Å². The van der Waals surface area contributed by atoms with Crippen molar-refractivity contribution < 1.29 is 19.6 Å². The minimum atomic E-state index is -1.11. The molecular formula is C12H17N3O5S. The molecule has 0 saturated heterocycles. The molecule has 0 radical (unpaired) electrons. The first-order valence-electron chi connectivity index (χ1n) is 6.09. The van der Waals surface area contributed by atoms with Crippen LogP contribution < -0.4 is 4.72 Å². The van der Waals surface area contributed by atoms with Gasteiger partial charge < -0.3 is 9.84 Å². The second kappa shape index (κ2) is 7.34. The molecule has 0 aliphatic heterocycles. The van der Waals surface area contributed by atoms with Gasteiger partial charge in [0, 0.05) is 12.3 Å². The highest BCUT2D eigenvalue weighted by atomic mass is 32.2. The number of nitrogens with one attached hydrogen (secondary N) is 1. The molecule has 0 aromatic carbocycles. The summed E-state index contributed by atoms with van der Waals surface area (Å²) in [6.07, 6.45) is 1.40. The fourth-order valence-corrected chi connectivity index (χ4v) is 2.00. The average Bonchev–Trinajstić information content (AvgIpc) is 2.37. The predicted molar refractivity (Wildman–Crippen MR) is 77.0 cm³/mol. The van der Waals surface area contributed by atoms with Crippen LogP contribution in [0.5, 0.6) is 0 Å². The van der Waals surface area contributed by atoms with Crippen molar-refractivity contribution in [2.45, 2.75) is 37.4 Å². The van der Waals surface area contributed by atoms with Gasteiger partial charge in [-0.25, -0.2) is 9.71 Å². The molecular weight excluding hydrogens is 298 g/mol. The van der Waals surface area contributed by atoms with E-state index < -0.39 is 22.5 Å². The molecule has 1 rings (SSSR count). The molecule has 0 saturated carbocycles. The third kappa shape index (κ3) is 6.06. The molecule has 0 unspecified atom stereocenters. The maximum Gasteiger partial charge on any atom is 0.323 e. The van der Waals surface area contributed by atoms with Gasteiger partial charge in [-0.15, -0.1) is 0 Å². The number of carboxylic acid groups (broad SMARTS) is 1. The van der Waals surface area contributed by atoms with Crippen LogP contribution in [0.1, 0.15) is 20.8 Å². The fraction of sp³-hybridized carbons (Fsp3) is 0.500. The number of hydrogen-bond donors (Lipinski definition) is 2. The van der Waals surface area contributed by atoms with E-state index in [4.69, 9.17) is 9.84 Å². The van der Waals surface area contributed by atoms with Gasteiger partial charge in [0.25, 0.3) is 0 Å². The number of carbonyl (C=O) groups is 1. The Morgan fingerprint density at radius 2 is 2.29 bits per heavy atom. The lowest BCUT2D eigenvalue weighted by molar-refractivity contribution is -0.388. The van der Waals surface area contributed by atoms with Crippen molar-refractivity contribution in [2.75, 3.05) is 6.61 Å². The van der Waals surface area contributed by atoms with E-state index in [0.29, 0.717) is 0 Å². The largest absolute Gasteiger partial charge is 0.480 e. The van der Waals surface area contributed by atoms with E-state index in [9.17, 15) is 14.9 Å². The van der Waals surface area contributed by atoms with Crippen LogP contribution in [0.2, 0.25) is 0 Å². The lowest BCUT2D eigenvalue weighted by Crippen LogP contribution is -2.39. The van der Waals surface area contributed by atoms with Crippen molar-refractivity contribution in [3.8, 4) is 0 Å². The Morgan fingerprint density at radius 3 is 2.81 bits per heavy atom. The van der Waals surface area contributed by atoms with E-state index in [1.807, 2.05) is 20.8 Å². The zero-order valence-corrected chi connectivity index (χ0v) is 12.7. The molecule has 0 fully saturated rings.